The summed E-state index contributed by atoms with van der Waals surface area (Å²) in [6.07, 6.45) is 0. The Balaban J connectivity index is 0.00000141. The minimum absolute atomic E-state index is 0.106. The van der Waals surface area contributed by atoms with Gasteiger partial charge in [-0.15, -0.1) is 0 Å². The van der Waals surface area contributed by atoms with Gasteiger partial charge in [-0.3, -0.25) is 4.57 Å². The molecule has 2 aromatic heterocycles. The maximum atomic E-state index is 5.08. The molecule has 7 aromatic rings. The molecule has 2 heterocycles. The van der Waals surface area contributed by atoms with E-state index >= 15 is 0 Å². The first-order chi connectivity index (χ1) is 20.6. The summed E-state index contributed by atoms with van der Waals surface area (Å²) in [5, 5.41) is 2.38. The zero-order chi connectivity index (χ0) is 28.8. The summed E-state index contributed by atoms with van der Waals surface area (Å²) >= 11 is 2.15. The van der Waals surface area contributed by atoms with Crippen LogP contribution in [0.1, 0.15) is 25.0 Å². The van der Waals surface area contributed by atoms with Gasteiger partial charge in [0.15, 0.2) is 11.6 Å². The number of nitrogens with zero attached hydrogens (tertiary/aromatic N) is 4. The standard InChI is InChI=1S/C36H26N4.CH3I/c1-36(2)29-19-11-9-17-25(29)27-21-28-26-18-10-12-20-31(26)40(32(28)22-30(27)36)35-38-33(23-13-5-3-6-14-23)37-34(39-35)24-15-7-4-8-16-24;1-2/h3-22H,1-2H3;1H3. The summed E-state index contributed by atoms with van der Waals surface area (Å²) in [5.74, 6) is 1.93. The molecule has 0 fully saturated rings. The first kappa shape index (κ1) is 26.5. The molecule has 0 aliphatic heterocycles. The summed E-state index contributed by atoms with van der Waals surface area (Å²) in [4.78, 5) is 17.1. The largest absolute Gasteiger partial charge is 0.278 e. The lowest BCUT2D eigenvalue weighted by atomic mass is 9.82. The van der Waals surface area contributed by atoms with Crippen LogP contribution in [0.5, 0.6) is 0 Å². The van der Waals surface area contributed by atoms with Crippen LogP contribution in [0.15, 0.2) is 121 Å². The SMILES string of the molecule is CC1(C)c2ccccc2-c2cc3c4ccccc4n(-c4nc(-c5ccccc5)nc(-c5ccccc5)n4)c3cc21.CI. The first-order valence-corrected chi connectivity index (χ1v) is 16.2. The van der Waals surface area contributed by atoms with Gasteiger partial charge >= 0.3 is 0 Å². The Hall–Kier alpha value is -4.36. The molecule has 0 radical (unpaired) electrons. The smallest absolute Gasteiger partial charge is 0.238 e. The third-order valence-electron chi connectivity index (χ3n) is 8.26. The van der Waals surface area contributed by atoms with E-state index in [4.69, 9.17) is 15.0 Å². The molecule has 0 unspecified atom stereocenters. The number of hydrogen-bond donors (Lipinski definition) is 0. The van der Waals surface area contributed by atoms with Gasteiger partial charge in [0, 0.05) is 27.3 Å². The molecular formula is C37H29IN4. The Morgan fingerprint density at radius 3 is 1.76 bits per heavy atom. The van der Waals surface area contributed by atoms with Crippen LogP contribution in [0.3, 0.4) is 0 Å². The monoisotopic (exact) mass is 656 g/mol. The molecule has 42 heavy (non-hydrogen) atoms. The van der Waals surface area contributed by atoms with E-state index < -0.39 is 0 Å². The zero-order valence-corrected chi connectivity index (χ0v) is 25.9. The molecule has 4 nitrogen and oxygen atoms in total. The molecule has 0 bridgehead atoms. The van der Waals surface area contributed by atoms with Crippen molar-refractivity contribution >= 4 is 44.4 Å². The van der Waals surface area contributed by atoms with Crippen molar-refractivity contribution < 1.29 is 0 Å². The quantitative estimate of drug-likeness (QED) is 0.141. The average Bonchev–Trinajstić information content (AvgIpc) is 3.50. The Kier molecular flexibility index (Phi) is 6.62. The van der Waals surface area contributed by atoms with Crippen molar-refractivity contribution in [2.75, 3.05) is 4.93 Å². The van der Waals surface area contributed by atoms with Crippen LogP contribution in [0.2, 0.25) is 0 Å². The van der Waals surface area contributed by atoms with Crippen LogP contribution in [0, 0.1) is 0 Å². The second kappa shape index (κ2) is 10.5. The summed E-state index contributed by atoms with van der Waals surface area (Å²) in [7, 11) is 0. The number of halogens is 1. The van der Waals surface area contributed by atoms with E-state index in [-0.39, 0.29) is 5.41 Å². The van der Waals surface area contributed by atoms with Crippen LogP contribution >= 0.6 is 22.6 Å². The fourth-order valence-corrected chi connectivity index (χ4v) is 6.28. The lowest BCUT2D eigenvalue weighted by Gasteiger charge is -2.21. The van der Waals surface area contributed by atoms with Crippen molar-refractivity contribution in [2.45, 2.75) is 19.3 Å². The van der Waals surface area contributed by atoms with Gasteiger partial charge in [-0.25, -0.2) is 4.98 Å². The Morgan fingerprint density at radius 1 is 0.524 bits per heavy atom. The molecule has 0 saturated carbocycles. The van der Waals surface area contributed by atoms with E-state index in [2.05, 4.69) is 102 Å². The fourth-order valence-electron chi connectivity index (χ4n) is 6.28. The number of benzene rings is 5. The van der Waals surface area contributed by atoms with E-state index in [1.165, 1.54) is 33.0 Å². The molecule has 5 heteroatoms. The third kappa shape index (κ3) is 4.14. The molecule has 0 saturated heterocycles. The van der Waals surface area contributed by atoms with Crippen LogP contribution in [-0.4, -0.2) is 24.4 Å². The maximum absolute atomic E-state index is 5.08. The molecule has 0 amide bonds. The molecule has 1 aliphatic rings. The van der Waals surface area contributed by atoms with Crippen molar-refractivity contribution in [3.8, 4) is 39.9 Å². The highest BCUT2D eigenvalue weighted by molar-refractivity contribution is 14.1. The van der Waals surface area contributed by atoms with Crippen molar-refractivity contribution in [2.24, 2.45) is 0 Å². The number of para-hydroxylation sites is 1. The highest BCUT2D eigenvalue weighted by Gasteiger charge is 2.36. The molecule has 0 spiro atoms. The number of rotatable bonds is 3. The summed E-state index contributed by atoms with van der Waals surface area (Å²) in [6, 6.07) is 42.4. The van der Waals surface area contributed by atoms with Crippen LogP contribution in [0.4, 0.5) is 0 Å². The summed E-state index contributed by atoms with van der Waals surface area (Å²) in [6.45, 7) is 4.64. The van der Waals surface area contributed by atoms with E-state index in [1.807, 2.05) is 65.6 Å². The Morgan fingerprint density at radius 2 is 1.10 bits per heavy atom. The van der Waals surface area contributed by atoms with E-state index in [0.717, 1.165) is 22.2 Å². The summed E-state index contributed by atoms with van der Waals surface area (Å²) in [5.41, 5.74) is 9.31. The van der Waals surface area contributed by atoms with Gasteiger partial charge in [-0.1, -0.05) is 140 Å². The van der Waals surface area contributed by atoms with Gasteiger partial charge in [-0.05, 0) is 45.4 Å². The topological polar surface area (TPSA) is 43.6 Å². The fraction of sp³-hybridized carbons (Fsp3) is 0.108. The lowest BCUT2D eigenvalue weighted by molar-refractivity contribution is 0.661. The molecule has 8 rings (SSSR count). The van der Waals surface area contributed by atoms with Gasteiger partial charge in [-0.2, -0.15) is 9.97 Å². The molecule has 1 aliphatic carbocycles. The van der Waals surface area contributed by atoms with Gasteiger partial charge in [0.05, 0.1) is 11.0 Å². The van der Waals surface area contributed by atoms with Gasteiger partial charge < -0.3 is 0 Å². The van der Waals surface area contributed by atoms with Gasteiger partial charge in [0.1, 0.15) is 0 Å². The number of alkyl halides is 1. The van der Waals surface area contributed by atoms with E-state index in [1.54, 1.807) is 0 Å². The zero-order valence-electron chi connectivity index (χ0n) is 23.7. The normalized spacial score (nSPS) is 13.0. The van der Waals surface area contributed by atoms with Crippen LogP contribution in [-0.2, 0) is 5.41 Å². The number of fused-ring (bicyclic) bond motifs is 6. The third-order valence-corrected chi connectivity index (χ3v) is 8.26. The predicted octanol–water partition coefficient (Wildman–Crippen LogP) is 9.66. The first-order valence-electron chi connectivity index (χ1n) is 14.0. The lowest BCUT2D eigenvalue weighted by Crippen LogP contribution is -2.15. The van der Waals surface area contributed by atoms with E-state index in [0.29, 0.717) is 17.6 Å². The highest BCUT2D eigenvalue weighted by Crippen LogP contribution is 2.50. The number of hydrogen-bond acceptors (Lipinski definition) is 3. The molecular weight excluding hydrogens is 627 g/mol. The second-order valence-corrected chi connectivity index (χ2v) is 11.0. The van der Waals surface area contributed by atoms with Gasteiger partial charge in [0.2, 0.25) is 5.95 Å². The predicted molar refractivity (Wildman–Crippen MR) is 183 cm³/mol. The van der Waals surface area contributed by atoms with Crippen molar-refractivity contribution in [3.05, 3.63) is 132 Å². The van der Waals surface area contributed by atoms with E-state index in [9.17, 15) is 0 Å². The van der Waals surface area contributed by atoms with Crippen LogP contribution < -0.4 is 0 Å². The Bertz CT molecular complexity index is 2020. The van der Waals surface area contributed by atoms with Crippen molar-refractivity contribution in [1.82, 2.24) is 19.5 Å². The number of aromatic nitrogens is 4. The second-order valence-electron chi connectivity index (χ2n) is 11.0. The van der Waals surface area contributed by atoms with Crippen molar-refractivity contribution in [1.29, 1.82) is 0 Å². The minimum Gasteiger partial charge on any atom is -0.278 e. The van der Waals surface area contributed by atoms with Gasteiger partial charge in [0.25, 0.3) is 0 Å². The van der Waals surface area contributed by atoms with Crippen LogP contribution in [0.25, 0.3) is 61.7 Å². The molecule has 0 N–H and O–H groups in total. The molecule has 204 valence electrons. The highest BCUT2D eigenvalue weighted by atomic mass is 127. The maximum Gasteiger partial charge on any atom is 0.238 e. The minimum atomic E-state index is -0.106. The molecule has 5 aromatic carbocycles. The molecule has 0 atom stereocenters. The average molecular weight is 657 g/mol. The van der Waals surface area contributed by atoms with Crippen molar-refractivity contribution in [3.63, 3.8) is 0 Å². The Labute approximate surface area is 259 Å². The summed E-state index contributed by atoms with van der Waals surface area (Å²) < 4.78 is 2.21.